The summed E-state index contributed by atoms with van der Waals surface area (Å²) in [6, 6.07) is 0. The first-order chi connectivity index (χ1) is 13.5. The third-order valence-corrected chi connectivity index (χ3v) is 6.01. The van der Waals surface area contributed by atoms with Crippen molar-refractivity contribution in [2.45, 2.75) is 83.2 Å². The van der Waals surface area contributed by atoms with Gasteiger partial charge in [-0.2, -0.15) is 0 Å². The van der Waals surface area contributed by atoms with Crippen LogP contribution in [-0.2, 0) is 9.59 Å². The van der Waals surface area contributed by atoms with Crippen LogP contribution in [0.3, 0.4) is 0 Å². The summed E-state index contributed by atoms with van der Waals surface area (Å²) in [7, 11) is 0. The zero-order valence-corrected chi connectivity index (χ0v) is 17.2. The van der Waals surface area contributed by atoms with Crippen molar-refractivity contribution in [2.75, 3.05) is 0 Å². The summed E-state index contributed by atoms with van der Waals surface area (Å²) in [5, 5.41) is 19.7. The second-order valence-electron chi connectivity index (χ2n) is 8.41. The van der Waals surface area contributed by atoms with E-state index in [4.69, 9.17) is 5.11 Å². The molecular weight excluding hydrogens is 352 g/mol. The van der Waals surface area contributed by atoms with Gasteiger partial charge in [0.2, 0.25) is 0 Å². The van der Waals surface area contributed by atoms with Crippen LogP contribution in [0.1, 0.15) is 77.6 Å². The van der Waals surface area contributed by atoms with Gasteiger partial charge in [0, 0.05) is 18.3 Å². The van der Waals surface area contributed by atoms with E-state index in [1.807, 2.05) is 18.2 Å². The lowest BCUT2D eigenvalue weighted by molar-refractivity contribution is -0.137. The van der Waals surface area contributed by atoms with Gasteiger partial charge in [-0.25, -0.2) is 0 Å². The van der Waals surface area contributed by atoms with Crippen LogP contribution in [-0.4, -0.2) is 27.6 Å². The summed E-state index contributed by atoms with van der Waals surface area (Å²) in [4.78, 5) is 22.7. The minimum Gasteiger partial charge on any atom is -0.481 e. The van der Waals surface area contributed by atoms with Gasteiger partial charge in [0.25, 0.3) is 0 Å². The maximum absolute atomic E-state index is 12.2. The SMILES string of the molecule is CCCCCC(O)(CC=C[C@H]1C=CC(=O)[C@@H]1C/C=C\CCCC(=O)O)C1CC1. The van der Waals surface area contributed by atoms with Gasteiger partial charge in [-0.15, -0.1) is 0 Å². The van der Waals surface area contributed by atoms with E-state index in [2.05, 4.69) is 19.1 Å². The average molecular weight is 389 g/mol. The van der Waals surface area contributed by atoms with E-state index in [0.717, 1.165) is 38.5 Å². The number of carbonyl (C=O) groups is 2. The van der Waals surface area contributed by atoms with Crippen molar-refractivity contribution >= 4 is 11.8 Å². The molecule has 0 aliphatic heterocycles. The van der Waals surface area contributed by atoms with Gasteiger partial charge < -0.3 is 10.2 Å². The van der Waals surface area contributed by atoms with Crippen LogP contribution in [0.25, 0.3) is 0 Å². The van der Waals surface area contributed by atoms with Crippen molar-refractivity contribution in [2.24, 2.45) is 17.8 Å². The lowest BCUT2D eigenvalue weighted by atomic mass is 9.86. The Morgan fingerprint density at radius 3 is 2.68 bits per heavy atom. The van der Waals surface area contributed by atoms with Crippen molar-refractivity contribution in [1.29, 1.82) is 0 Å². The molecule has 2 aliphatic carbocycles. The second-order valence-corrected chi connectivity index (χ2v) is 8.41. The van der Waals surface area contributed by atoms with Gasteiger partial charge in [-0.1, -0.05) is 56.6 Å². The van der Waals surface area contributed by atoms with Crippen LogP contribution in [0.15, 0.2) is 36.5 Å². The summed E-state index contributed by atoms with van der Waals surface area (Å²) in [6.07, 6.45) is 21.2. The van der Waals surface area contributed by atoms with Crippen LogP contribution in [0.5, 0.6) is 0 Å². The second kappa shape index (κ2) is 11.4. The van der Waals surface area contributed by atoms with E-state index in [0.29, 0.717) is 25.2 Å². The molecule has 0 aromatic rings. The topological polar surface area (TPSA) is 74.6 Å². The molecule has 2 N–H and O–H groups in total. The van der Waals surface area contributed by atoms with Gasteiger partial charge >= 0.3 is 5.97 Å². The number of rotatable bonds is 14. The first-order valence-electron chi connectivity index (χ1n) is 10.9. The molecule has 0 bridgehead atoms. The number of aliphatic hydroxyl groups is 1. The van der Waals surface area contributed by atoms with E-state index >= 15 is 0 Å². The molecule has 4 heteroatoms. The molecule has 1 unspecified atom stereocenters. The summed E-state index contributed by atoms with van der Waals surface area (Å²) in [5.74, 6) is -0.143. The number of carbonyl (C=O) groups excluding carboxylic acids is 1. The third kappa shape index (κ3) is 7.38. The summed E-state index contributed by atoms with van der Waals surface area (Å²) >= 11 is 0. The minimum atomic E-state index is -0.769. The number of carboxylic acid groups (broad SMARTS) is 1. The smallest absolute Gasteiger partial charge is 0.303 e. The lowest BCUT2D eigenvalue weighted by Gasteiger charge is -2.27. The molecule has 3 atom stereocenters. The van der Waals surface area contributed by atoms with E-state index in [1.54, 1.807) is 6.08 Å². The zero-order chi connectivity index (χ0) is 20.4. The normalized spacial score (nSPS) is 24.4. The third-order valence-electron chi connectivity index (χ3n) is 6.01. The summed E-state index contributed by atoms with van der Waals surface area (Å²) < 4.78 is 0. The maximum Gasteiger partial charge on any atom is 0.303 e. The molecular formula is C24H36O4. The number of aliphatic carboxylic acids is 1. The predicted octanol–water partition coefficient (Wildman–Crippen LogP) is 5.23. The van der Waals surface area contributed by atoms with Crippen LogP contribution >= 0.6 is 0 Å². The highest BCUT2D eigenvalue weighted by Gasteiger charge is 2.42. The molecule has 2 aliphatic rings. The van der Waals surface area contributed by atoms with Gasteiger partial charge in [0.1, 0.15) is 0 Å². The molecule has 156 valence electrons. The zero-order valence-electron chi connectivity index (χ0n) is 17.2. The van der Waals surface area contributed by atoms with Crippen LogP contribution < -0.4 is 0 Å². The highest BCUT2D eigenvalue weighted by molar-refractivity contribution is 5.95. The largest absolute Gasteiger partial charge is 0.481 e. The van der Waals surface area contributed by atoms with E-state index in [-0.39, 0.29) is 24.0 Å². The fourth-order valence-electron chi connectivity index (χ4n) is 4.06. The monoisotopic (exact) mass is 388 g/mol. The Morgan fingerprint density at radius 1 is 1.21 bits per heavy atom. The van der Waals surface area contributed by atoms with Gasteiger partial charge in [0.15, 0.2) is 5.78 Å². The van der Waals surface area contributed by atoms with Crippen molar-refractivity contribution in [3.8, 4) is 0 Å². The van der Waals surface area contributed by atoms with Gasteiger partial charge in [-0.05, 0) is 56.9 Å². The highest BCUT2D eigenvalue weighted by atomic mass is 16.4. The van der Waals surface area contributed by atoms with Crippen LogP contribution in [0.4, 0.5) is 0 Å². The van der Waals surface area contributed by atoms with Crippen LogP contribution in [0, 0.1) is 17.8 Å². The predicted molar refractivity (Wildman–Crippen MR) is 112 cm³/mol. The number of hydrogen-bond donors (Lipinski definition) is 2. The van der Waals surface area contributed by atoms with Crippen molar-refractivity contribution in [3.05, 3.63) is 36.5 Å². The molecule has 0 aromatic heterocycles. The number of unbranched alkanes of at least 4 members (excludes halogenated alkanes) is 3. The molecule has 0 radical (unpaired) electrons. The van der Waals surface area contributed by atoms with E-state index < -0.39 is 11.6 Å². The molecule has 1 saturated carbocycles. The average Bonchev–Trinajstić information content (AvgIpc) is 3.45. The molecule has 0 amide bonds. The fourth-order valence-corrected chi connectivity index (χ4v) is 4.06. The molecule has 0 aromatic carbocycles. The van der Waals surface area contributed by atoms with Gasteiger partial charge in [0.05, 0.1) is 5.60 Å². The van der Waals surface area contributed by atoms with Crippen molar-refractivity contribution < 1.29 is 19.8 Å². The molecule has 4 nitrogen and oxygen atoms in total. The molecule has 0 heterocycles. The summed E-state index contributed by atoms with van der Waals surface area (Å²) in [5.41, 5.74) is -0.572. The Labute approximate surface area is 169 Å². The Hall–Kier alpha value is -1.68. The Kier molecular flexibility index (Phi) is 9.17. The number of allylic oxidation sites excluding steroid dienone is 5. The Bertz CT molecular complexity index is 600. The summed E-state index contributed by atoms with van der Waals surface area (Å²) in [6.45, 7) is 2.18. The van der Waals surface area contributed by atoms with E-state index in [1.165, 1.54) is 6.42 Å². The number of hydrogen-bond acceptors (Lipinski definition) is 3. The number of ketones is 1. The molecule has 28 heavy (non-hydrogen) atoms. The molecule has 0 spiro atoms. The Morgan fingerprint density at radius 2 is 2.00 bits per heavy atom. The molecule has 1 fully saturated rings. The molecule has 2 rings (SSSR count). The number of carboxylic acids is 1. The van der Waals surface area contributed by atoms with Gasteiger partial charge in [-0.3, -0.25) is 9.59 Å². The maximum atomic E-state index is 12.2. The minimum absolute atomic E-state index is 0.0684. The van der Waals surface area contributed by atoms with Crippen molar-refractivity contribution in [3.63, 3.8) is 0 Å². The highest BCUT2D eigenvalue weighted by Crippen LogP contribution is 2.44. The first kappa shape index (κ1) is 22.6. The first-order valence-corrected chi connectivity index (χ1v) is 10.9. The van der Waals surface area contributed by atoms with Crippen LogP contribution in [0.2, 0.25) is 0 Å². The fraction of sp³-hybridized carbons (Fsp3) is 0.667. The lowest BCUT2D eigenvalue weighted by Crippen LogP contribution is -2.30. The molecule has 0 saturated heterocycles. The standard InChI is InChI=1S/C24H36O4/c1-2-3-8-17-24(28,20-14-15-20)18-9-10-19-13-16-22(25)21(19)11-6-4-5-7-12-23(26)27/h4,6,9-10,13,16,19-21,28H,2-3,5,7-8,11-12,14-15,17-18H2,1H3,(H,26,27)/b6-4-,10-9?/t19-,21+,24?/m0/s1. The van der Waals surface area contributed by atoms with Crippen molar-refractivity contribution in [1.82, 2.24) is 0 Å². The Balaban J connectivity index is 1.81. The quantitative estimate of drug-likeness (QED) is 0.316. The van der Waals surface area contributed by atoms with E-state index in [9.17, 15) is 14.7 Å².